The third-order valence-corrected chi connectivity index (χ3v) is 7.51. The second kappa shape index (κ2) is 8.86. The van der Waals surface area contributed by atoms with Crippen LogP contribution >= 0.6 is 0 Å². The van der Waals surface area contributed by atoms with E-state index in [1.165, 1.54) is 89.2 Å². The van der Waals surface area contributed by atoms with E-state index in [-0.39, 0.29) is 0 Å². The van der Waals surface area contributed by atoms with Crippen molar-refractivity contribution in [3.63, 3.8) is 0 Å². The van der Waals surface area contributed by atoms with Gasteiger partial charge in [0, 0.05) is 31.7 Å². The number of likely N-dealkylation sites (tertiary alicyclic amines) is 1. The maximum atomic E-state index is 4.82. The van der Waals surface area contributed by atoms with Crippen molar-refractivity contribution in [2.75, 3.05) is 25.5 Å². The molecule has 2 fully saturated rings. The molecule has 2 aromatic rings. The van der Waals surface area contributed by atoms with Gasteiger partial charge in [0.25, 0.3) is 0 Å². The Morgan fingerprint density at radius 3 is 2.29 bits per heavy atom. The molecule has 0 spiro atoms. The first-order valence-corrected chi connectivity index (χ1v) is 11.7. The van der Waals surface area contributed by atoms with Crippen molar-refractivity contribution in [1.82, 2.24) is 14.5 Å². The van der Waals surface area contributed by atoms with E-state index in [4.69, 9.17) is 4.98 Å². The Balaban J connectivity index is 1.51. The van der Waals surface area contributed by atoms with E-state index >= 15 is 0 Å². The molecule has 0 radical (unpaired) electrons. The van der Waals surface area contributed by atoms with Crippen LogP contribution in [0.1, 0.15) is 83.6 Å². The van der Waals surface area contributed by atoms with Crippen molar-refractivity contribution in [2.45, 2.75) is 89.1 Å². The normalized spacial score (nSPS) is 22.5. The van der Waals surface area contributed by atoms with Gasteiger partial charge in [-0.2, -0.15) is 0 Å². The predicted molar refractivity (Wildman–Crippen MR) is 119 cm³/mol. The standard InChI is InChI=1S/C24H38N4/c1-3-24(16-10-6-4-5-7-11-17-24)27-18-14-20(15-19-27)28-22-13-9-8-12-21(22)26-23(28)25-2/h8-9,12-13,20H,3-7,10-11,14-19H2,1-2H3,(H,25,26). The number of nitrogens with one attached hydrogen (secondary N) is 1. The topological polar surface area (TPSA) is 33.1 Å². The zero-order valence-corrected chi connectivity index (χ0v) is 17.9. The van der Waals surface area contributed by atoms with Gasteiger partial charge in [-0.3, -0.25) is 4.90 Å². The Bertz CT molecular complexity index is 747. The maximum absolute atomic E-state index is 4.82. The first-order chi connectivity index (χ1) is 13.8. The van der Waals surface area contributed by atoms with Gasteiger partial charge in [-0.15, -0.1) is 0 Å². The minimum Gasteiger partial charge on any atom is -0.359 e. The lowest BCUT2D eigenvalue weighted by molar-refractivity contribution is 0.0318. The summed E-state index contributed by atoms with van der Waals surface area (Å²) in [5.74, 6) is 1.02. The number of rotatable bonds is 4. The van der Waals surface area contributed by atoms with Crippen LogP contribution in [0.15, 0.2) is 24.3 Å². The fraction of sp³-hybridized carbons (Fsp3) is 0.708. The lowest BCUT2D eigenvalue weighted by Crippen LogP contribution is -2.52. The first-order valence-electron chi connectivity index (χ1n) is 11.7. The Kier molecular flexibility index (Phi) is 6.25. The number of fused-ring (bicyclic) bond motifs is 1. The molecule has 0 atom stereocenters. The molecule has 1 saturated heterocycles. The lowest BCUT2D eigenvalue weighted by atomic mass is 9.81. The number of imidazole rings is 1. The van der Waals surface area contributed by atoms with Gasteiger partial charge in [0.05, 0.1) is 11.0 Å². The van der Waals surface area contributed by atoms with Crippen LogP contribution in [-0.4, -0.2) is 40.1 Å². The molecule has 1 saturated carbocycles. The zero-order chi connectivity index (χ0) is 19.4. The van der Waals surface area contributed by atoms with Crippen LogP contribution in [0.5, 0.6) is 0 Å². The molecule has 28 heavy (non-hydrogen) atoms. The van der Waals surface area contributed by atoms with Crippen molar-refractivity contribution in [1.29, 1.82) is 0 Å². The molecule has 4 heteroatoms. The minimum absolute atomic E-state index is 0.457. The summed E-state index contributed by atoms with van der Waals surface area (Å²) in [4.78, 5) is 7.70. The summed E-state index contributed by atoms with van der Waals surface area (Å²) < 4.78 is 2.47. The highest BCUT2D eigenvalue weighted by molar-refractivity contribution is 5.78. The summed E-state index contributed by atoms with van der Waals surface area (Å²) in [6.07, 6.45) is 15.2. The molecule has 1 aromatic heterocycles. The number of hydrogen-bond donors (Lipinski definition) is 1. The molecule has 4 nitrogen and oxygen atoms in total. The van der Waals surface area contributed by atoms with E-state index in [2.05, 4.69) is 46.0 Å². The number of benzene rings is 1. The highest BCUT2D eigenvalue weighted by Crippen LogP contribution is 2.39. The Labute approximate surface area is 170 Å². The van der Waals surface area contributed by atoms with Crippen LogP contribution in [0.4, 0.5) is 5.95 Å². The minimum atomic E-state index is 0.457. The van der Waals surface area contributed by atoms with Crippen molar-refractivity contribution < 1.29 is 0 Å². The van der Waals surface area contributed by atoms with Crippen LogP contribution in [-0.2, 0) is 0 Å². The summed E-state index contributed by atoms with van der Waals surface area (Å²) in [6.45, 7) is 4.90. The zero-order valence-electron chi connectivity index (χ0n) is 17.9. The molecule has 1 aromatic carbocycles. The molecule has 1 aliphatic carbocycles. The Morgan fingerprint density at radius 1 is 1.00 bits per heavy atom. The van der Waals surface area contributed by atoms with Gasteiger partial charge < -0.3 is 9.88 Å². The highest BCUT2D eigenvalue weighted by Gasteiger charge is 2.37. The van der Waals surface area contributed by atoms with Crippen molar-refractivity contribution in [3.05, 3.63) is 24.3 Å². The number of hydrogen-bond acceptors (Lipinski definition) is 3. The third-order valence-electron chi connectivity index (χ3n) is 7.51. The molecule has 2 heterocycles. The van der Waals surface area contributed by atoms with Crippen LogP contribution in [0, 0.1) is 0 Å². The summed E-state index contributed by atoms with van der Waals surface area (Å²) in [7, 11) is 2.00. The molecule has 4 rings (SSSR count). The second-order valence-corrected chi connectivity index (χ2v) is 8.96. The number of para-hydroxylation sites is 2. The number of piperidine rings is 1. The van der Waals surface area contributed by atoms with E-state index in [1.807, 2.05) is 7.05 Å². The fourth-order valence-corrected chi connectivity index (χ4v) is 5.82. The van der Waals surface area contributed by atoms with Crippen molar-refractivity contribution in [2.24, 2.45) is 0 Å². The molecular formula is C24H38N4. The van der Waals surface area contributed by atoms with Crippen molar-refractivity contribution >= 4 is 17.0 Å². The van der Waals surface area contributed by atoms with E-state index < -0.39 is 0 Å². The summed E-state index contributed by atoms with van der Waals surface area (Å²) >= 11 is 0. The maximum Gasteiger partial charge on any atom is 0.203 e. The summed E-state index contributed by atoms with van der Waals surface area (Å²) in [5.41, 5.74) is 2.84. The smallest absolute Gasteiger partial charge is 0.203 e. The van der Waals surface area contributed by atoms with Crippen LogP contribution in [0.2, 0.25) is 0 Å². The average Bonchev–Trinajstić information content (AvgIpc) is 3.17. The van der Waals surface area contributed by atoms with Gasteiger partial charge in [0.1, 0.15) is 0 Å². The second-order valence-electron chi connectivity index (χ2n) is 8.96. The third kappa shape index (κ3) is 3.80. The van der Waals surface area contributed by atoms with E-state index in [0.29, 0.717) is 11.6 Å². The monoisotopic (exact) mass is 382 g/mol. The molecule has 0 unspecified atom stereocenters. The van der Waals surface area contributed by atoms with Gasteiger partial charge in [-0.05, 0) is 44.2 Å². The fourth-order valence-electron chi connectivity index (χ4n) is 5.82. The largest absolute Gasteiger partial charge is 0.359 e. The SMILES string of the molecule is CCC1(N2CCC(n3c(NC)nc4ccccc43)CC2)CCCCCCCC1. The van der Waals surface area contributed by atoms with Crippen molar-refractivity contribution in [3.8, 4) is 0 Å². The molecule has 0 amide bonds. The quantitative estimate of drug-likeness (QED) is 0.704. The summed E-state index contributed by atoms with van der Waals surface area (Å²) in [5, 5.41) is 3.34. The van der Waals surface area contributed by atoms with E-state index in [1.54, 1.807) is 0 Å². The Morgan fingerprint density at radius 2 is 1.64 bits per heavy atom. The summed E-state index contributed by atoms with van der Waals surface area (Å²) in [6, 6.07) is 9.13. The molecule has 154 valence electrons. The molecule has 2 aliphatic rings. The molecule has 1 aliphatic heterocycles. The van der Waals surface area contributed by atoms with E-state index in [9.17, 15) is 0 Å². The van der Waals surface area contributed by atoms with Gasteiger partial charge >= 0.3 is 0 Å². The molecule has 0 bridgehead atoms. The highest BCUT2D eigenvalue weighted by atomic mass is 15.3. The van der Waals surface area contributed by atoms with Gasteiger partial charge in [0.15, 0.2) is 0 Å². The predicted octanol–water partition coefficient (Wildman–Crippen LogP) is 6.00. The van der Waals surface area contributed by atoms with Gasteiger partial charge in [0.2, 0.25) is 5.95 Å². The molecule has 1 N–H and O–H groups in total. The van der Waals surface area contributed by atoms with Gasteiger partial charge in [-0.25, -0.2) is 4.98 Å². The van der Waals surface area contributed by atoms with Crippen LogP contribution in [0.25, 0.3) is 11.0 Å². The van der Waals surface area contributed by atoms with Crippen LogP contribution < -0.4 is 5.32 Å². The molecular weight excluding hydrogens is 344 g/mol. The lowest BCUT2D eigenvalue weighted by Gasteiger charge is -2.47. The number of aromatic nitrogens is 2. The Hall–Kier alpha value is -1.55. The van der Waals surface area contributed by atoms with E-state index in [0.717, 1.165) is 11.5 Å². The first kappa shape index (κ1) is 19.8. The number of nitrogens with zero attached hydrogens (tertiary/aromatic N) is 3. The van der Waals surface area contributed by atoms with Gasteiger partial charge in [-0.1, -0.05) is 57.6 Å². The van der Waals surface area contributed by atoms with Crippen LogP contribution in [0.3, 0.4) is 0 Å². The average molecular weight is 383 g/mol. The number of anilines is 1.